The lowest BCUT2D eigenvalue weighted by Crippen LogP contribution is -2.30. The van der Waals surface area contributed by atoms with E-state index in [1.165, 1.54) is 5.56 Å². The predicted octanol–water partition coefficient (Wildman–Crippen LogP) is 4.53. The number of anilines is 2. The van der Waals surface area contributed by atoms with Crippen LogP contribution in [0.4, 0.5) is 11.4 Å². The van der Waals surface area contributed by atoms with Gasteiger partial charge >= 0.3 is 0 Å². The molecule has 4 heteroatoms. The molecule has 0 N–H and O–H groups in total. The highest BCUT2D eigenvalue weighted by atomic mass is 32.2. The molecule has 1 fully saturated rings. The van der Waals surface area contributed by atoms with E-state index in [0.29, 0.717) is 0 Å². The van der Waals surface area contributed by atoms with E-state index >= 15 is 0 Å². The molecule has 1 amide bonds. The third-order valence-electron chi connectivity index (χ3n) is 4.11. The second-order valence-corrected chi connectivity index (χ2v) is 7.58. The molecule has 2 aromatic carbocycles. The summed E-state index contributed by atoms with van der Waals surface area (Å²) in [7, 11) is 4.04. The molecule has 1 heterocycles. The average molecular weight is 338 g/mol. The molecule has 3 rings (SSSR count). The monoisotopic (exact) mass is 338 g/mol. The summed E-state index contributed by atoms with van der Waals surface area (Å²) in [5, 5.41) is 0.104. The summed E-state index contributed by atoms with van der Waals surface area (Å²) in [4.78, 5) is 17.5. The summed E-state index contributed by atoms with van der Waals surface area (Å²) in [5.74, 6) is 0.0769. The van der Waals surface area contributed by atoms with Gasteiger partial charge in [-0.1, -0.05) is 41.6 Å². The van der Waals surface area contributed by atoms with E-state index in [-0.39, 0.29) is 11.3 Å². The number of carbonyl (C=O) groups excluding carboxylic acids is 1. The van der Waals surface area contributed by atoms with Gasteiger partial charge < -0.3 is 4.90 Å². The van der Waals surface area contributed by atoms with Gasteiger partial charge in [0.15, 0.2) is 0 Å². The summed E-state index contributed by atoms with van der Waals surface area (Å²) in [5.41, 5.74) is 4.35. The number of aryl methyl sites for hydroxylation is 1. The Morgan fingerprint density at radius 3 is 2.25 bits per heavy atom. The molecule has 0 unspecified atom stereocenters. The van der Waals surface area contributed by atoms with Crippen LogP contribution in [0, 0.1) is 6.92 Å². The van der Waals surface area contributed by atoms with Crippen molar-refractivity contribution in [3.63, 3.8) is 0 Å². The third-order valence-corrected chi connectivity index (χ3v) is 5.21. The Bertz CT molecular complexity index is 763. The van der Waals surface area contributed by atoms with Crippen molar-refractivity contribution in [3.8, 4) is 0 Å². The van der Waals surface area contributed by atoms with Crippen molar-refractivity contribution in [1.82, 2.24) is 0 Å². The SMILES string of the molecule is Cc1ccc(N2C(=O)/C(=C/c3ccc(N(C)C)cc3)S[C@H]2C)cc1. The molecule has 0 spiro atoms. The van der Waals surface area contributed by atoms with E-state index in [1.807, 2.05) is 49.3 Å². The van der Waals surface area contributed by atoms with Crippen LogP contribution in [0.2, 0.25) is 0 Å². The quantitative estimate of drug-likeness (QED) is 0.768. The van der Waals surface area contributed by atoms with Crippen LogP contribution in [0.15, 0.2) is 53.4 Å². The van der Waals surface area contributed by atoms with E-state index in [2.05, 4.69) is 43.0 Å². The lowest BCUT2D eigenvalue weighted by molar-refractivity contribution is -0.114. The first kappa shape index (κ1) is 16.7. The molecule has 1 aliphatic rings. The average Bonchev–Trinajstić information content (AvgIpc) is 2.83. The Labute approximate surface area is 148 Å². The van der Waals surface area contributed by atoms with Gasteiger partial charge in [-0.15, -0.1) is 0 Å². The lowest BCUT2D eigenvalue weighted by Gasteiger charge is -2.20. The summed E-state index contributed by atoms with van der Waals surface area (Å²) < 4.78 is 0. The molecule has 3 nitrogen and oxygen atoms in total. The molecule has 124 valence electrons. The molecule has 0 bridgehead atoms. The fourth-order valence-corrected chi connectivity index (χ4v) is 3.81. The first-order valence-electron chi connectivity index (χ1n) is 8.01. The number of benzene rings is 2. The minimum absolute atomic E-state index is 0.0769. The zero-order valence-corrected chi connectivity index (χ0v) is 15.3. The van der Waals surface area contributed by atoms with Gasteiger partial charge in [-0.25, -0.2) is 0 Å². The summed E-state index contributed by atoms with van der Waals surface area (Å²) in [6.45, 7) is 4.12. The highest BCUT2D eigenvalue weighted by molar-refractivity contribution is 8.05. The number of amides is 1. The smallest absolute Gasteiger partial charge is 0.265 e. The van der Waals surface area contributed by atoms with Crippen LogP contribution in [-0.2, 0) is 4.79 Å². The molecule has 1 atom stereocenters. The molecular formula is C20H22N2OS. The topological polar surface area (TPSA) is 23.6 Å². The van der Waals surface area contributed by atoms with E-state index in [4.69, 9.17) is 0 Å². The number of thioether (sulfide) groups is 1. The van der Waals surface area contributed by atoms with Crippen LogP contribution in [0.5, 0.6) is 0 Å². The van der Waals surface area contributed by atoms with Crippen LogP contribution in [0.3, 0.4) is 0 Å². The van der Waals surface area contributed by atoms with Gasteiger partial charge in [0, 0.05) is 25.5 Å². The van der Waals surface area contributed by atoms with Gasteiger partial charge in [0.1, 0.15) is 0 Å². The third kappa shape index (κ3) is 3.34. The second-order valence-electron chi connectivity index (χ2n) is 6.22. The second kappa shape index (κ2) is 6.73. The number of hydrogen-bond donors (Lipinski definition) is 0. The Kier molecular flexibility index (Phi) is 4.67. The predicted molar refractivity (Wildman–Crippen MR) is 104 cm³/mol. The Morgan fingerprint density at radius 2 is 1.67 bits per heavy atom. The molecule has 1 saturated heterocycles. The summed E-state index contributed by atoms with van der Waals surface area (Å²) in [6, 6.07) is 16.3. The number of rotatable bonds is 3. The Hall–Kier alpha value is -2.20. The Balaban J connectivity index is 1.85. The highest BCUT2D eigenvalue weighted by Gasteiger charge is 2.34. The molecule has 0 aliphatic carbocycles. The molecule has 0 aromatic heterocycles. The number of nitrogens with zero attached hydrogens (tertiary/aromatic N) is 2. The number of carbonyl (C=O) groups is 1. The van der Waals surface area contributed by atoms with Crippen LogP contribution in [0.1, 0.15) is 18.1 Å². The summed E-state index contributed by atoms with van der Waals surface area (Å²) in [6.07, 6.45) is 1.98. The van der Waals surface area contributed by atoms with Crippen molar-refractivity contribution >= 4 is 35.1 Å². The maximum absolute atomic E-state index is 12.8. The zero-order chi connectivity index (χ0) is 17.3. The first-order valence-corrected chi connectivity index (χ1v) is 8.89. The maximum atomic E-state index is 12.8. The van der Waals surface area contributed by atoms with Crippen LogP contribution in [-0.4, -0.2) is 25.4 Å². The van der Waals surface area contributed by atoms with Gasteiger partial charge in [-0.3, -0.25) is 9.69 Å². The largest absolute Gasteiger partial charge is 0.378 e. The van der Waals surface area contributed by atoms with Crippen LogP contribution in [0.25, 0.3) is 6.08 Å². The van der Waals surface area contributed by atoms with E-state index in [0.717, 1.165) is 21.8 Å². The minimum atomic E-state index is 0.0769. The molecule has 24 heavy (non-hydrogen) atoms. The first-order chi connectivity index (χ1) is 11.5. The summed E-state index contributed by atoms with van der Waals surface area (Å²) >= 11 is 1.61. The van der Waals surface area contributed by atoms with Crippen molar-refractivity contribution in [2.75, 3.05) is 23.9 Å². The lowest BCUT2D eigenvalue weighted by atomic mass is 10.1. The normalized spacial score (nSPS) is 19.2. The molecule has 2 aromatic rings. The fraction of sp³-hybridized carbons (Fsp3) is 0.250. The standard InChI is InChI=1S/C20H22N2OS/c1-14-5-9-18(10-6-14)22-15(2)24-19(20(22)23)13-16-7-11-17(12-8-16)21(3)4/h5-13,15H,1-4H3/b19-13-/t15-/m0/s1. The van der Waals surface area contributed by atoms with Crippen LogP contribution < -0.4 is 9.80 Å². The molecule has 0 saturated carbocycles. The van der Waals surface area contributed by atoms with E-state index in [9.17, 15) is 4.79 Å². The van der Waals surface area contributed by atoms with Gasteiger partial charge in [-0.05, 0) is 49.8 Å². The highest BCUT2D eigenvalue weighted by Crippen LogP contribution is 2.39. The zero-order valence-electron chi connectivity index (χ0n) is 14.5. The van der Waals surface area contributed by atoms with Crippen molar-refractivity contribution in [3.05, 3.63) is 64.6 Å². The van der Waals surface area contributed by atoms with Gasteiger partial charge in [0.25, 0.3) is 5.91 Å². The van der Waals surface area contributed by atoms with Crippen molar-refractivity contribution in [2.24, 2.45) is 0 Å². The van der Waals surface area contributed by atoms with Crippen molar-refractivity contribution in [1.29, 1.82) is 0 Å². The fourth-order valence-electron chi connectivity index (χ4n) is 2.72. The van der Waals surface area contributed by atoms with Crippen molar-refractivity contribution < 1.29 is 4.79 Å². The Morgan fingerprint density at radius 1 is 1.04 bits per heavy atom. The number of hydrogen-bond acceptors (Lipinski definition) is 3. The van der Waals surface area contributed by atoms with Gasteiger partial charge in [-0.2, -0.15) is 0 Å². The maximum Gasteiger partial charge on any atom is 0.265 e. The van der Waals surface area contributed by atoms with Crippen molar-refractivity contribution in [2.45, 2.75) is 19.2 Å². The van der Waals surface area contributed by atoms with Gasteiger partial charge in [0.05, 0.1) is 10.3 Å². The molecule has 1 aliphatic heterocycles. The van der Waals surface area contributed by atoms with Crippen LogP contribution >= 0.6 is 11.8 Å². The molecule has 0 radical (unpaired) electrons. The molecular weight excluding hydrogens is 316 g/mol. The van der Waals surface area contributed by atoms with Gasteiger partial charge in [0.2, 0.25) is 0 Å². The van der Waals surface area contributed by atoms with E-state index in [1.54, 1.807) is 11.8 Å². The van der Waals surface area contributed by atoms with E-state index < -0.39 is 0 Å². The minimum Gasteiger partial charge on any atom is -0.378 e.